The summed E-state index contributed by atoms with van der Waals surface area (Å²) in [6.45, 7) is 1.15. The van der Waals surface area contributed by atoms with Gasteiger partial charge < -0.3 is 20.7 Å². The summed E-state index contributed by atoms with van der Waals surface area (Å²) in [5, 5.41) is 2.90. The third-order valence-corrected chi connectivity index (χ3v) is 4.84. The average molecular weight is 367 g/mol. The summed E-state index contributed by atoms with van der Waals surface area (Å²) in [6, 6.07) is 14.8. The average Bonchev–Trinajstić information content (AvgIpc) is 2.69. The molecule has 2 amide bonds. The maximum Gasteiger partial charge on any atom is 0.229 e. The van der Waals surface area contributed by atoms with Crippen molar-refractivity contribution in [2.75, 3.05) is 31.2 Å². The first-order chi connectivity index (χ1) is 13.1. The topological polar surface area (TPSA) is 84.7 Å². The van der Waals surface area contributed by atoms with Crippen molar-refractivity contribution >= 4 is 23.2 Å². The Morgan fingerprint density at radius 2 is 2.00 bits per heavy atom. The van der Waals surface area contributed by atoms with Crippen LogP contribution in [-0.2, 0) is 16.0 Å². The third-order valence-electron chi connectivity index (χ3n) is 4.84. The molecule has 2 aromatic rings. The van der Waals surface area contributed by atoms with E-state index in [4.69, 9.17) is 10.5 Å². The molecule has 0 saturated carbocycles. The van der Waals surface area contributed by atoms with E-state index in [1.165, 1.54) is 0 Å². The van der Waals surface area contributed by atoms with E-state index >= 15 is 0 Å². The molecule has 0 spiro atoms. The number of nitrogens with two attached hydrogens (primary N) is 1. The number of nitrogens with one attached hydrogen (secondary N) is 1. The fourth-order valence-electron chi connectivity index (χ4n) is 3.36. The lowest BCUT2D eigenvalue weighted by Gasteiger charge is -2.32. The van der Waals surface area contributed by atoms with Crippen LogP contribution in [0.1, 0.15) is 18.4 Å². The molecule has 1 saturated heterocycles. The maximum atomic E-state index is 12.6. The molecule has 0 aliphatic carbocycles. The first-order valence-corrected chi connectivity index (χ1v) is 9.13. The van der Waals surface area contributed by atoms with Crippen molar-refractivity contribution in [3.05, 3.63) is 54.1 Å². The fourth-order valence-corrected chi connectivity index (χ4v) is 3.36. The van der Waals surface area contributed by atoms with Crippen LogP contribution in [0.3, 0.4) is 0 Å². The van der Waals surface area contributed by atoms with E-state index < -0.39 is 0 Å². The normalized spacial score (nSPS) is 16.6. The van der Waals surface area contributed by atoms with Crippen LogP contribution in [0.15, 0.2) is 48.5 Å². The van der Waals surface area contributed by atoms with Gasteiger partial charge >= 0.3 is 0 Å². The predicted molar refractivity (Wildman–Crippen MR) is 105 cm³/mol. The van der Waals surface area contributed by atoms with Gasteiger partial charge in [-0.05, 0) is 36.6 Å². The molecule has 3 N–H and O–H groups in total. The van der Waals surface area contributed by atoms with Crippen LogP contribution in [0.25, 0.3) is 0 Å². The Morgan fingerprint density at radius 3 is 2.70 bits per heavy atom. The Balaban J connectivity index is 1.59. The SMILES string of the molecule is COc1ccc(NC(=O)C2CCCN(C(=O)Cc3ccccc3)C2)cc1N. The minimum Gasteiger partial charge on any atom is -0.495 e. The second-order valence-electron chi connectivity index (χ2n) is 6.79. The first-order valence-electron chi connectivity index (χ1n) is 9.13. The van der Waals surface area contributed by atoms with Gasteiger partial charge in [-0.2, -0.15) is 0 Å². The predicted octanol–water partition coefficient (Wildman–Crippen LogP) is 2.70. The van der Waals surface area contributed by atoms with Gasteiger partial charge in [0.05, 0.1) is 25.1 Å². The lowest BCUT2D eigenvalue weighted by Crippen LogP contribution is -2.44. The van der Waals surface area contributed by atoms with Gasteiger partial charge in [-0.3, -0.25) is 9.59 Å². The minimum atomic E-state index is -0.221. The van der Waals surface area contributed by atoms with Crippen LogP contribution in [0.5, 0.6) is 5.75 Å². The molecule has 1 aliphatic heterocycles. The van der Waals surface area contributed by atoms with Crippen LogP contribution >= 0.6 is 0 Å². The molecular weight excluding hydrogens is 342 g/mol. The number of likely N-dealkylation sites (tertiary alicyclic amines) is 1. The highest BCUT2D eigenvalue weighted by Gasteiger charge is 2.28. The number of methoxy groups -OCH3 is 1. The van der Waals surface area contributed by atoms with Gasteiger partial charge in [-0.1, -0.05) is 30.3 Å². The number of nitrogen functional groups attached to an aromatic ring is 1. The minimum absolute atomic E-state index is 0.0624. The van der Waals surface area contributed by atoms with E-state index in [9.17, 15) is 9.59 Å². The van der Waals surface area contributed by atoms with Crippen molar-refractivity contribution in [3.8, 4) is 5.75 Å². The van der Waals surface area contributed by atoms with E-state index in [-0.39, 0.29) is 17.7 Å². The van der Waals surface area contributed by atoms with E-state index in [2.05, 4.69) is 5.32 Å². The number of ether oxygens (including phenoxy) is 1. The summed E-state index contributed by atoms with van der Waals surface area (Å²) in [4.78, 5) is 27.0. The number of rotatable bonds is 5. The van der Waals surface area contributed by atoms with Crippen molar-refractivity contribution in [3.63, 3.8) is 0 Å². The molecule has 142 valence electrons. The highest BCUT2D eigenvalue weighted by Crippen LogP contribution is 2.26. The molecule has 1 heterocycles. The van der Waals surface area contributed by atoms with Gasteiger partial charge in [-0.25, -0.2) is 0 Å². The molecule has 1 aliphatic rings. The number of carbonyl (C=O) groups is 2. The Kier molecular flexibility index (Phi) is 5.96. The molecule has 2 aromatic carbocycles. The molecule has 3 rings (SSSR count). The Bertz CT molecular complexity index is 808. The lowest BCUT2D eigenvalue weighted by atomic mass is 9.96. The van der Waals surface area contributed by atoms with Crippen molar-refractivity contribution in [1.29, 1.82) is 0 Å². The van der Waals surface area contributed by atoms with Crippen molar-refractivity contribution in [1.82, 2.24) is 4.90 Å². The molecule has 6 heteroatoms. The Hall–Kier alpha value is -3.02. The number of hydrogen-bond donors (Lipinski definition) is 2. The molecule has 1 atom stereocenters. The molecule has 0 bridgehead atoms. The zero-order chi connectivity index (χ0) is 19.2. The summed E-state index contributed by atoms with van der Waals surface area (Å²) in [7, 11) is 1.55. The zero-order valence-electron chi connectivity index (χ0n) is 15.5. The summed E-state index contributed by atoms with van der Waals surface area (Å²) in [5.74, 6) is 0.328. The van der Waals surface area contributed by atoms with Gasteiger partial charge in [-0.15, -0.1) is 0 Å². The number of hydrogen-bond acceptors (Lipinski definition) is 4. The quantitative estimate of drug-likeness (QED) is 0.796. The van der Waals surface area contributed by atoms with Crippen LogP contribution in [-0.4, -0.2) is 36.9 Å². The maximum absolute atomic E-state index is 12.6. The Morgan fingerprint density at radius 1 is 1.22 bits per heavy atom. The zero-order valence-corrected chi connectivity index (χ0v) is 15.5. The molecular formula is C21H25N3O3. The van der Waals surface area contributed by atoms with Crippen molar-refractivity contribution in [2.45, 2.75) is 19.3 Å². The van der Waals surface area contributed by atoms with Crippen LogP contribution < -0.4 is 15.8 Å². The van der Waals surface area contributed by atoms with Crippen LogP contribution in [0, 0.1) is 5.92 Å². The van der Waals surface area contributed by atoms with Gasteiger partial charge in [0, 0.05) is 18.8 Å². The smallest absolute Gasteiger partial charge is 0.229 e. The number of anilines is 2. The third kappa shape index (κ3) is 4.78. The second-order valence-corrected chi connectivity index (χ2v) is 6.79. The molecule has 27 heavy (non-hydrogen) atoms. The molecule has 0 aromatic heterocycles. The summed E-state index contributed by atoms with van der Waals surface area (Å²) < 4.78 is 5.13. The van der Waals surface area contributed by atoms with Gasteiger partial charge in [0.1, 0.15) is 5.75 Å². The van der Waals surface area contributed by atoms with Gasteiger partial charge in [0.25, 0.3) is 0 Å². The number of carbonyl (C=O) groups excluding carboxylic acids is 2. The van der Waals surface area contributed by atoms with Crippen molar-refractivity contribution < 1.29 is 14.3 Å². The van der Waals surface area contributed by atoms with Crippen LogP contribution in [0.2, 0.25) is 0 Å². The van der Waals surface area contributed by atoms with E-state index in [1.807, 2.05) is 30.3 Å². The highest BCUT2D eigenvalue weighted by atomic mass is 16.5. The monoisotopic (exact) mass is 367 g/mol. The fraction of sp³-hybridized carbons (Fsp3) is 0.333. The highest BCUT2D eigenvalue weighted by molar-refractivity contribution is 5.94. The largest absolute Gasteiger partial charge is 0.495 e. The molecule has 0 radical (unpaired) electrons. The van der Waals surface area contributed by atoms with E-state index in [0.717, 1.165) is 18.4 Å². The standard InChI is InChI=1S/C21H25N3O3/c1-27-19-10-9-17(13-18(19)22)23-21(26)16-8-5-11-24(14-16)20(25)12-15-6-3-2-4-7-15/h2-4,6-7,9-10,13,16H,5,8,11-12,14,22H2,1H3,(H,23,26). The van der Waals surface area contributed by atoms with Gasteiger partial charge in [0.15, 0.2) is 0 Å². The number of piperidine rings is 1. The van der Waals surface area contributed by atoms with Crippen molar-refractivity contribution in [2.24, 2.45) is 5.92 Å². The Labute approximate surface area is 159 Å². The summed E-state index contributed by atoms with van der Waals surface area (Å²) in [5.41, 5.74) is 7.98. The second kappa shape index (κ2) is 8.58. The summed E-state index contributed by atoms with van der Waals surface area (Å²) in [6.07, 6.45) is 1.96. The number of benzene rings is 2. The molecule has 1 unspecified atom stereocenters. The van der Waals surface area contributed by atoms with E-state index in [1.54, 1.807) is 30.2 Å². The number of amides is 2. The van der Waals surface area contributed by atoms with E-state index in [0.29, 0.717) is 36.6 Å². The van der Waals surface area contributed by atoms with Crippen LogP contribution in [0.4, 0.5) is 11.4 Å². The molecule has 6 nitrogen and oxygen atoms in total. The molecule has 1 fully saturated rings. The number of nitrogens with zero attached hydrogens (tertiary/aromatic N) is 1. The van der Waals surface area contributed by atoms with Gasteiger partial charge in [0.2, 0.25) is 11.8 Å². The summed E-state index contributed by atoms with van der Waals surface area (Å²) >= 11 is 0. The lowest BCUT2D eigenvalue weighted by molar-refractivity contribution is -0.133. The first kappa shape index (κ1) is 18.8.